The molecule has 0 aromatic heterocycles. The van der Waals surface area contributed by atoms with Crippen molar-refractivity contribution in [3.63, 3.8) is 0 Å². The van der Waals surface area contributed by atoms with Gasteiger partial charge in [0.05, 0.1) is 17.6 Å². The Morgan fingerprint density at radius 2 is 1.89 bits per heavy atom. The summed E-state index contributed by atoms with van der Waals surface area (Å²) >= 11 is 0. The zero-order chi connectivity index (χ0) is 19.7. The molecule has 0 bridgehead atoms. The molecule has 2 aromatic carbocycles. The van der Waals surface area contributed by atoms with Gasteiger partial charge in [0, 0.05) is 24.4 Å². The molecule has 0 aliphatic carbocycles. The lowest BCUT2D eigenvalue weighted by Crippen LogP contribution is -2.42. The Labute approximate surface area is 156 Å². The number of benzene rings is 2. The van der Waals surface area contributed by atoms with Gasteiger partial charge in [-0.1, -0.05) is 31.2 Å². The van der Waals surface area contributed by atoms with Crippen molar-refractivity contribution in [2.24, 2.45) is 5.73 Å². The van der Waals surface area contributed by atoms with Crippen LogP contribution in [0, 0.1) is 23.0 Å². The molecule has 0 saturated carbocycles. The van der Waals surface area contributed by atoms with Crippen LogP contribution >= 0.6 is 0 Å². The number of primary amides is 1. The van der Waals surface area contributed by atoms with Crippen LogP contribution in [0.15, 0.2) is 53.7 Å². The fraction of sp³-hybridized carbons (Fsp3) is 0.238. The molecule has 0 radical (unpaired) electrons. The van der Waals surface area contributed by atoms with Crippen molar-refractivity contribution >= 4 is 5.91 Å². The number of nitriles is 1. The molecule has 138 valence electrons. The first-order valence-corrected chi connectivity index (χ1v) is 8.59. The van der Waals surface area contributed by atoms with Gasteiger partial charge < -0.3 is 10.6 Å². The molecule has 3 rings (SSSR count). The summed E-state index contributed by atoms with van der Waals surface area (Å²) in [7, 11) is 1.76. The van der Waals surface area contributed by atoms with E-state index in [0.717, 1.165) is 17.3 Å². The monoisotopic (exact) mass is 367 g/mol. The molecule has 1 aliphatic rings. The first-order chi connectivity index (χ1) is 12.9. The Morgan fingerprint density at radius 3 is 2.41 bits per heavy atom. The lowest BCUT2D eigenvalue weighted by Gasteiger charge is -2.26. The van der Waals surface area contributed by atoms with Gasteiger partial charge in [-0.05, 0) is 29.7 Å². The third-order valence-corrected chi connectivity index (χ3v) is 5.04. The molecular formula is C21H19F2N3O. The highest BCUT2D eigenvalue weighted by molar-refractivity contribution is 5.84. The van der Waals surface area contributed by atoms with Crippen molar-refractivity contribution in [2.75, 3.05) is 7.05 Å². The van der Waals surface area contributed by atoms with Gasteiger partial charge in [-0.25, -0.2) is 8.78 Å². The minimum atomic E-state index is -0.650. The first kappa shape index (κ1) is 18.6. The minimum Gasteiger partial charge on any atom is -0.368 e. The highest BCUT2D eigenvalue weighted by Gasteiger charge is 2.42. The van der Waals surface area contributed by atoms with Gasteiger partial charge >= 0.3 is 0 Å². The second kappa shape index (κ2) is 7.20. The van der Waals surface area contributed by atoms with Gasteiger partial charge in [0.2, 0.25) is 5.91 Å². The summed E-state index contributed by atoms with van der Waals surface area (Å²) in [6.07, 6.45) is 0.610. The van der Waals surface area contributed by atoms with Crippen molar-refractivity contribution in [2.45, 2.75) is 25.3 Å². The van der Waals surface area contributed by atoms with E-state index in [2.05, 4.69) is 6.07 Å². The number of hydrogen-bond donors (Lipinski definition) is 1. The fourth-order valence-corrected chi connectivity index (χ4v) is 3.79. The van der Waals surface area contributed by atoms with Gasteiger partial charge in [-0.15, -0.1) is 0 Å². The van der Waals surface area contributed by atoms with Crippen LogP contribution in [0.2, 0.25) is 0 Å². The van der Waals surface area contributed by atoms with Crippen molar-refractivity contribution in [1.82, 2.24) is 4.90 Å². The molecule has 0 spiro atoms. The Balaban J connectivity index is 2.03. The van der Waals surface area contributed by atoms with Crippen LogP contribution in [0.1, 0.15) is 24.8 Å². The van der Waals surface area contributed by atoms with Crippen molar-refractivity contribution in [3.05, 3.63) is 70.9 Å². The van der Waals surface area contributed by atoms with E-state index < -0.39 is 29.5 Å². The van der Waals surface area contributed by atoms with Crippen LogP contribution in [0.25, 0.3) is 11.1 Å². The smallest absolute Gasteiger partial charge is 0.241 e. The van der Waals surface area contributed by atoms with Crippen LogP contribution < -0.4 is 5.73 Å². The number of nitrogens with zero attached hydrogens (tertiary/aromatic N) is 2. The van der Waals surface area contributed by atoms with Crippen LogP contribution in [0.5, 0.6) is 0 Å². The van der Waals surface area contributed by atoms with Crippen LogP contribution in [0.3, 0.4) is 0 Å². The quantitative estimate of drug-likeness (QED) is 0.896. The SMILES string of the molecule is CCC1=C(C#N)C(c2ccc(-c3ccc(F)cc3F)cc2)C(C(N)=O)N1C. The minimum absolute atomic E-state index is 0.281. The van der Waals surface area contributed by atoms with Gasteiger partial charge in [0.1, 0.15) is 17.7 Å². The van der Waals surface area contributed by atoms with E-state index in [-0.39, 0.29) is 5.56 Å². The molecule has 27 heavy (non-hydrogen) atoms. The number of carbonyl (C=O) groups is 1. The number of halogens is 2. The first-order valence-electron chi connectivity index (χ1n) is 8.59. The highest BCUT2D eigenvalue weighted by atomic mass is 19.1. The zero-order valence-electron chi connectivity index (χ0n) is 15.0. The van der Waals surface area contributed by atoms with E-state index in [0.29, 0.717) is 17.6 Å². The number of amides is 1. The second-order valence-corrected chi connectivity index (χ2v) is 6.51. The maximum absolute atomic E-state index is 14.0. The van der Waals surface area contributed by atoms with E-state index in [9.17, 15) is 18.8 Å². The predicted octanol–water partition coefficient (Wildman–Crippen LogP) is 3.70. The largest absolute Gasteiger partial charge is 0.368 e. The average molecular weight is 367 g/mol. The third kappa shape index (κ3) is 3.17. The maximum Gasteiger partial charge on any atom is 0.241 e. The van der Waals surface area contributed by atoms with E-state index in [1.54, 1.807) is 36.2 Å². The number of carbonyl (C=O) groups excluding carboxylic acids is 1. The van der Waals surface area contributed by atoms with Gasteiger partial charge in [-0.3, -0.25) is 4.79 Å². The summed E-state index contributed by atoms with van der Waals surface area (Å²) in [5, 5.41) is 9.64. The fourth-order valence-electron chi connectivity index (χ4n) is 3.79. The van der Waals surface area contributed by atoms with Gasteiger partial charge in [-0.2, -0.15) is 5.26 Å². The molecule has 2 aromatic rings. The number of rotatable bonds is 4. The summed E-state index contributed by atoms with van der Waals surface area (Å²) in [5.41, 5.74) is 8.52. The average Bonchev–Trinajstić information content (AvgIpc) is 2.93. The number of nitrogens with two attached hydrogens (primary N) is 1. The normalized spacial score (nSPS) is 19.3. The lowest BCUT2D eigenvalue weighted by atomic mass is 9.86. The Kier molecular flexibility index (Phi) is 4.95. The summed E-state index contributed by atoms with van der Waals surface area (Å²) in [4.78, 5) is 13.8. The molecule has 2 N–H and O–H groups in total. The number of allylic oxidation sites excluding steroid dienone is 1. The Morgan fingerprint density at radius 1 is 1.22 bits per heavy atom. The zero-order valence-corrected chi connectivity index (χ0v) is 15.0. The molecular weight excluding hydrogens is 348 g/mol. The van der Waals surface area contributed by atoms with Crippen LogP contribution in [-0.4, -0.2) is 23.9 Å². The predicted molar refractivity (Wildman–Crippen MR) is 98.2 cm³/mol. The maximum atomic E-state index is 14.0. The van der Waals surface area contributed by atoms with E-state index in [1.807, 2.05) is 6.92 Å². The highest BCUT2D eigenvalue weighted by Crippen LogP contribution is 2.41. The topological polar surface area (TPSA) is 70.1 Å². The molecule has 1 aliphatic heterocycles. The molecule has 2 unspecified atom stereocenters. The van der Waals surface area contributed by atoms with Gasteiger partial charge in [0.25, 0.3) is 0 Å². The second-order valence-electron chi connectivity index (χ2n) is 6.51. The third-order valence-electron chi connectivity index (χ3n) is 5.04. The molecule has 6 heteroatoms. The summed E-state index contributed by atoms with van der Waals surface area (Å²) in [5.74, 6) is -2.27. The van der Waals surface area contributed by atoms with Crippen molar-refractivity contribution in [3.8, 4) is 17.2 Å². The summed E-state index contributed by atoms with van der Waals surface area (Å²) in [6.45, 7) is 1.92. The van der Waals surface area contributed by atoms with E-state index in [1.165, 1.54) is 12.1 Å². The molecule has 0 saturated heterocycles. The number of likely N-dealkylation sites (N-methyl/N-ethyl adjacent to an activating group) is 1. The standard InChI is InChI=1S/C21H19F2N3O/c1-3-18-16(11-24)19(20(21(25)27)26(18)2)13-6-4-12(5-7-13)15-9-8-14(22)10-17(15)23/h4-10,19-20H,3H2,1-2H3,(H2,25,27). The molecule has 0 fully saturated rings. The molecule has 4 nitrogen and oxygen atoms in total. The number of hydrogen-bond acceptors (Lipinski definition) is 3. The molecule has 1 amide bonds. The van der Waals surface area contributed by atoms with Gasteiger partial charge in [0.15, 0.2) is 0 Å². The molecule has 2 atom stereocenters. The van der Waals surface area contributed by atoms with Crippen molar-refractivity contribution < 1.29 is 13.6 Å². The Hall–Kier alpha value is -3.20. The summed E-state index contributed by atoms with van der Waals surface area (Å²) in [6, 6.07) is 11.9. The summed E-state index contributed by atoms with van der Waals surface area (Å²) < 4.78 is 27.1. The van der Waals surface area contributed by atoms with Crippen LogP contribution in [0.4, 0.5) is 8.78 Å². The van der Waals surface area contributed by atoms with E-state index >= 15 is 0 Å². The molecule has 1 heterocycles. The van der Waals surface area contributed by atoms with Crippen LogP contribution in [-0.2, 0) is 4.79 Å². The van der Waals surface area contributed by atoms with E-state index in [4.69, 9.17) is 5.73 Å². The lowest BCUT2D eigenvalue weighted by molar-refractivity contribution is -0.122. The van der Waals surface area contributed by atoms with Crippen molar-refractivity contribution in [1.29, 1.82) is 5.26 Å². The Bertz CT molecular complexity index is 960.